The van der Waals surface area contributed by atoms with Gasteiger partial charge in [0.15, 0.2) is 0 Å². The molecule has 0 aliphatic carbocycles. The van der Waals surface area contributed by atoms with Crippen molar-refractivity contribution in [3.05, 3.63) is 52.7 Å². The second-order valence-corrected chi connectivity index (χ2v) is 6.21. The van der Waals surface area contributed by atoms with E-state index in [1.165, 1.54) is 5.56 Å². The van der Waals surface area contributed by atoms with Gasteiger partial charge in [-0.2, -0.15) is 11.3 Å². The average molecular weight is 300 g/mol. The predicted molar refractivity (Wildman–Crippen MR) is 87.5 cm³/mol. The highest BCUT2D eigenvalue weighted by atomic mass is 32.1. The van der Waals surface area contributed by atoms with Crippen molar-refractivity contribution in [2.45, 2.75) is 19.4 Å². The van der Waals surface area contributed by atoms with Gasteiger partial charge in [-0.3, -0.25) is 4.79 Å². The van der Waals surface area contributed by atoms with Crippen LogP contribution in [0.15, 0.2) is 47.2 Å². The Morgan fingerprint density at radius 2 is 2.14 bits per heavy atom. The lowest BCUT2D eigenvalue weighted by Gasteiger charge is -2.29. The van der Waals surface area contributed by atoms with Crippen molar-refractivity contribution in [2.75, 3.05) is 18.0 Å². The molecule has 0 saturated carbocycles. The van der Waals surface area contributed by atoms with Gasteiger partial charge >= 0.3 is 0 Å². The molecule has 0 bridgehead atoms. The van der Waals surface area contributed by atoms with Gasteiger partial charge < -0.3 is 10.2 Å². The number of nitrogens with zero attached hydrogens (tertiary/aromatic N) is 1. The number of piperidine rings is 1. The molecule has 1 aromatic heterocycles. The summed E-state index contributed by atoms with van der Waals surface area (Å²) in [5.41, 5.74) is 2.18. The molecule has 21 heavy (non-hydrogen) atoms. The molecule has 1 aliphatic heterocycles. The third-order valence-corrected chi connectivity index (χ3v) is 4.63. The Morgan fingerprint density at radius 1 is 1.29 bits per heavy atom. The maximum Gasteiger partial charge on any atom is 0.231 e. The van der Waals surface area contributed by atoms with Crippen LogP contribution in [0, 0.1) is 5.92 Å². The van der Waals surface area contributed by atoms with E-state index >= 15 is 0 Å². The van der Waals surface area contributed by atoms with E-state index in [1.807, 2.05) is 35.2 Å². The zero-order valence-corrected chi connectivity index (χ0v) is 12.8. The van der Waals surface area contributed by atoms with Crippen LogP contribution in [-0.2, 0) is 11.3 Å². The van der Waals surface area contributed by atoms with Crippen LogP contribution in [0.1, 0.15) is 18.4 Å². The molecule has 1 atom stereocenters. The Hall–Kier alpha value is -1.65. The molecule has 1 saturated heterocycles. The third-order valence-electron chi connectivity index (χ3n) is 3.90. The monoisotopic (exact) mass is 300 g/mol. The minimum atomic E-state index is 0.0950. The topological polar surface area (TPSA) is 32.3 Å². The van der Waals surface area contributed by atoms with Gasteiger partial charge in [-0.25, -0.2) is 0 Å². The van der Waals surface area contributed by atoms with Crippen LogP contribution in [0.2, 0.25) is 0 Å². The summed E-state index contributed by atoms with van der Waals surface area (Å²) in [6.45, 7) is 2.48. The molecule has 4 heteroatoms. The van der Waals surface area contributed by atoms with Crippen molar-refractivity contribution in [1.29, 1.82) is 0 Å². The second kappa shape index (κ2) is 6.87. The summed E-state index contributed by atoms with van der Waals surface area (Å²) in [5.74, 6) is 0.331. The van der Waals surface area contributed by atoms with E-state index in [0.717, 1.165) is 31.6 Å². The van der Waals surface area contributed by atoms with Crippen molar-refractivity contribution in [3.8, 4) is 0 Å². The molecule has 1 amide bonds. The van der Waals surface area contributed by atoms with E-state index in [4.69, 9.17) is 0 Å². The SMILES string of the molecule is O=C(C1CCCNC1)N(Cc1ccsc1)c1ccccc1. The minimum Gasteiger partial charge on any atom is -0.316 e. The number of nitrogens with one attached hydrogen (secondary N) is 1. The van der Waals surface area contributed by atoms with Crippen LogP contribution < -0.4 is 10.2 Å². The fraction of sp³-hybridized carbons (Fsp3) is 0.353. The largest absolute Gasteiger partial charge is 0.316 e. The Balaban J connectivity index is 1.82. The molecule has 1 aliphatic rings. The lowest BCUT2D eigenvalue weighted by molar-refractivity contribution is -0.123. The summed E-state index contributed by atoms with van der Waals surface area (Å²) in [4.78, 5) is 14.8. The van der Waals surface area contributed by atoms with Crippen LogP contribution in [0.25, 0.3) is 0 Å². The first-order valence-electron chi connectivity index (χ1n) is 7.43. The van der Waals surface area contributed by atoms with Crippen LogP contribution in [0.4, 0.5) is 5.69 Å². The quantitative estimate of drug-likeness (QED) is 0.940. The molecule has 110 valence electrons. The zero-order chi connectivity index (χ0) is 14.5. The van der Waals surface area contributed by atoms with Crippen molar-refractivity contribution >= 4 is 22.9 Å². The molecule has 1 unspecified atom stereocenters. The molecule has 0 spiro atoms. The summed E-state index contributed by atoms with van der Waals surface area (Å²) < 4.78 is 0. The van der Waals surface area contributed by atoms with Gasteiger partial charge in [-0.15, -0.1) is 0 Å². The Bertz CT molecular complexity index is 562. The van der Waals surface area contributed by atoms with Crippen molar-refractivity contribution < 1.29 is 4.79 Å². The average Bonchev–Trinajstić information content (AvgIpc) is 3.07. The molecule has 3 rings (SSSR count). The first kappa shape index (κ1) is 14.3. The fourth-order valence-electron chi connectivity index (χ4n) is 2.75. The second-order valence-electron chi connectivity index (χ2n) is 5.43. The molecule has 2 aromatic rings. The number of para-hydroxylation sites is 1. The maximum absolute atomic E-state index is 12.9. The summed E-state index contributed by atoms with van der Waals surface area (Å²) in [7, 11) is 0. The van der Waals surface area contributed by atoms with E-state index in [1.54, 1.807) is 11.3 Å². The van der Waals surface area contributed by atoms with E-state index in [-0.39, 0.29) is 11.8 Å². The Labute approximate surface area is 129 Å². The van der Waals surface area contributed by atoms with Gasteiger partial charge in [0, 0.05) is 12.2 Å². The molecule has 1 fully saturated rings. The number of carbonyl (C=O) groups excluding carboxylic acids is 1. The molecule has 0 radical (unpaired) electrons. The van der Waals surface area contributed by atoms with Crippen molar-refractivity contribution in [2.24, 2.45) is 5.92 Å². The smallest absolute Gasteiger partial charge is 0.231 e. The number of carbonyl (C=O) groups is 1. The Morgan fingerprint density at radius 3 is 2.81 bits per heavy atom. The van der Waals surface area contributed by atoms with Crippen LogP contribution in [0.5, 0.6) is 0 Å². The van der Waals surface area contributed by atoms with Gasteiger partial charge in [-0.05, 0) is 53.9 Å². The van der Waals surface area contributed by atoms with E-state index in [9.17, 15) is 4.79 Å². The highest BCUT2D eigenvalue weighted by Crippen LogP contribution is 2.23. The predicted octanol–water partition coefficient (Wildman–Crippen LogP) is 3.28. The maximum atomic E-state index is 12.9. The van der Waals surface area contributed by atoms with Gasteiger partial charge in [-0.1, -0.05) is 18.2 Å². The number of hydrogen-bond donors (Lipinski definition) is 1. The van der Waals surface area contributed by atoms with E-state index < -0.39 is 0 Å². The molecular weight excluding hydrogens is 280 g/mol. The lowest BCUT2D eigenvalue weighted by Crippen LogP contribution is -2.42. The van der Waals surface area contributed by atoms with Gasteiger partial charge in [0.25, 0.3) is 0 Å². The summed E-state index contributed by atoms with van der Waals surface area (Å²) in [5, 5.41) is 7.51. The number of amides is 1. The standard InChI is InChI=1S/C17H20N2OS/c20-17(15-5-4-9-18-11-15)19(12-14-8-10-21-13-14)16-6-2-1-3-7-16/h1-3,6-8,10,13,15,18H,4-5,9,11-12H2. The van der Waals surface area contributed by atoms with E-state index in [2.05, 4.69) is 22.1 Å². The first-order valence-corrected chi connectivity index (χ1v) is 8.37. The van der Waals surface area contributed by atoms with Gasteiger partial charge in [0.2, 0.25) is 5.91 Å². The molecule has 2 heterocycles. The number of thiophene rings is 1. The number of hydrogen-bond acceptors (Lipinski definition) is 3. The minimum absolute atomic E-state index is 0.0950. The molecule has 1 aromatic carbocycles. The fourth-order valence-corrected chi connectivity index (χ4v) is 3.41. The lowest BCUT2D eigenvalue weighted by atomic mass is 9.97. The number of rotatable bonds is 4. The Kier molecular flexibility index (Phi) is 4.68. The van der Waals surface area contributed by atoms with Crippen molar-refractivity contribution in [1.82, 2.24) is 5.32 Å². The van der Waals surface area contributed by atoms with Gasteiger partial charge in [0.05, 0.1) is 12.5 Å². The van der Waals surface area contributed by atoms with Crippen molar-refractivity contribution in [3.63, 3.8) is 0 Å². The molecular formula is C17H20N2OS. The zero-order valence-electron chi connectivity index (χ0n) is 12.0. The van der Waals surface area contributed by atoms with Crippen LogP contribution in [0.3, 0.4) is 0 Å². The third kappa shape index (κ3) is 3.52. The highest BCUT2D eigenvalue weighted by molar-refractivity contribution is 7.07. The van der Waals surface area contributed by atoms with Crippen LogP contribution >= 0.6 is 11.3 Å². The van der Waals surface area contributed by atoms with Gasteiger partial charge in [0.1, 0.15) is 0 Å². The first-order chi connectivity index (χ1) is 10.3. The summed E-state index contributed by atoms with van der Waals surface area (Å²) in [6.07, 6.45) is 2.07. The molecule has 3 nitrogen and oxygen atoms in total. The van der Waals surface area contributed by atoms with E-state index in [0.29, 0.717) is 6.54 Å². The van der Waals surface area contributed by atoms with Crippen LogP contribution in [-0.4, -0.2) is 19.0 Å². The summed E-state index contributed by atoms with van der Waals surface area (Å²) in [6, 6.07) is 12.1. The normalized spacial score (nSPS) is 18.4. The summed E-state index contributed by atoms with van der Waals surface area (Å²) >= 11 is 1.67. The number of benzene rings is 1. The molecule has 1 N–H and O–H groups in total. The highest BCUT2D eigenvalue weighted by Gasteiger charge is 2.26. The number of anilines is 1.